The van der Waals surface area contributed by atoms with Crippen LogP contribution in [0.5, 0.6) is 5.75 Å². The summed E-state index contributed by atoms with van der Waals surface area (Å²) >= 11 is 6.06. The van der Waals surface area contributed by atoms with Crippen LogP contribution >= 0.6 is 11.6 Å². The van der Waals surface area contributed by atoms with Crippen molar-refractivity contribution in [2.75, 3.05) is 0 Å². The first kappa shape index (κ1) is 23.6. The molecule has 176 valence electrons. The number of rotatable bonds is 6. The van der Waals surface area contributed by atoms with E-state index in [0.29, 0.717) is 34.0 Å². The van der Waals surface area contributed by atoms with E-state index in [1.807, 2.05) is 6.92 Å². The minimum Gasteiger partial charge on any atom is -0.406 e. The van der Waals surface area contributed by atoms with Crippen molar-refractivity contribution in [2.45, 2.75) is 26.3 Å². The third-order valence-electron chi connectivity index (χ3n) is 5.07. The Morgan fingerprint density at radius 2 is 1.94 bits per heavy atom. The molecule has 0 spiro atoms. The van der Waals surface area contributed by atoms with Gasteiger partial charge < -0.3 is 10.1 Å². The van der Waals surface area contributed by atoms with Gasteiger partial charge in [-0.3, -0.25) is 9.20 Å². The summed E-state index contributed by atoms with van der Waals surface area (Å²) in [5, 5.41) is 3.20. The highest BCUT2D eigenvalue weighted by Gasteiger charge is 2.31. The Labute approximate surface area is 196 Å². The molecule has 2 aromatic heterocycles. The van der Waals surface area contributed by atoms with E-state index in [0.717, 1.165) is 12.1 Å². The molecular weight excluding hydrogens is 474 g/mol. The lowest BCUT2D eigenvalue weighted by Gasteiger charge is -2.11. The number of pyridine rings is 1. The molecule has 0 aliphatic carbocycles. The first-order chi connectivity index (χ1) is 16.1. The van der Waals surface area contributed by atoms with Crippen molar-refractivity contribution in [1.82, 2.24) is 14.7 Å². The average molecular weight is 492 g/mol. The van der Waals surface area contributed by atoms with Crippen LogP contribution in [0.4, 0.5) is 17.6 Å². The molecule has 1 N–H and O–H groups in total. The fraction of sp³-hybridized carbons (Fsp3) is 0.167. The van der Waals surface area contributed by atoms with Gasteiger partial charge in [-0.2, -0.15) is 0 Å². The van der Waals surface area contributed by atoms with E-state index in [4.69, 9.17) is 11.6 Å². The molecule has 1 amide bonds. The van der Waals surface area contributed by atoms with Gasteiger partial charge in [0.1, 0.15) is 22.9 Å². The standard InChI is InChI=1S/C24H18ClF4N3O2/c1-2-20-22(32-13-16(25)7-9-21(32)31-20)23(33)30-12-14-6-8-18(19(26)10-14)15-4-3-5-17(11-15)34-24(27,28)29/h3-11,13H,2,12H2,1H3,(H,30,33). The summed E-state index contributed by atoms with van der Waals surface area (Å²) in [6.45, 7) is 1.91. The van der Waals surface area contributed by atoms with Gasteiger partial charge in [0.2, 0.25) is 0 Å². The maximum Gasteiger partial charge on any atom is 0.573 e. The number of nitrogens with one attached hydrogen (secondary N) is 1. The first-order valence-corrected chi connectivity index (χ1v) is 10.6. The predicted octanol–water partition coefficient (Wildman–Crippen LogP) is 6.18. The molecule has 0 saturated heterocycles. The van der Waals surface area contributed by atoms with Crippen molar-refractivity contribution in [3.05, 3.63) is 88.6 Å². The molecule has 0 saturated carbocycles. The largest absolute Gasteiger partial charge is 0.573 e. The first-order valence-electron chi connectivity index (χ1n) is 10.2. The van der Waals surface area contributed by atoms with Crippen molar-refractivity contribution in [3.63, 3.8) is 0 Å². The van der Waals surface area contributed by atoms with Gasteiger partial charge in [0.15, 0.2) is 0 Å². The van der Waals surface area contributed by atoms with Crippen LogP contribution in [-0.4, -0.2) is 21.7 Å². The van der Waals surface area contributed by atoms with Crippen LogP contribution in [0, 0.1) is 5.82 Å². The number of benzene rings is 2. The Kier molecular flexibility index (Phi) is 6.47. The third-order valence-corrected chi connectivity index (χ3v) is 5.29. The van der Waals surface area contributed by atoms with Gasteiger partial charge in [0.05, 0.1) is 10.7 Å². The molecule has 0 atom stereocenters. The highest BCUT2D eigenvalue weighted by atomic mass is 35.5. The van der Waals surface area contributed by atoms with Crippen molar-refractivity contribution in [3.8, 4) is 16.9 Å². The second-order valence-corrected chi connectivity index (χ2v) is 7.85. The van der Waals surface area contributed by atoms with Gasteiger partial charge in [0.25, 0.3) is 5.91 Å². The number of hydrogen-bond acceptors (Lipinski definition) is 3. The van der Waals surface area contributed by atoms with Crippen LogP contribution in [-0.2, 0) is 13.0 Å². The number of imidazole rings is 1. The van der Waals surface area contributed by atoms with Crippen LogP contribution in [0.15, 0.2) is 60.8 Å². The summed E-state index contributed by atoms with van der Waals surface area (Å²) in [6, 6.07) is 12.7. The molecule has 4 rings (SSSR count). The molecule has 0 aliphatic heterocycles. The van der Waals surface area contributed by atoms with Crippen LogP contribution in [0.3, 0.4) is 0 Å². The highest BCUT2D eigenvalue weighted by molar-refractivity contribution is 6.30. The molecule has 10 heteroatoms. The zero-order valence-electron chi connectivity index (χ0n) is 17.8. The van der Waals surface area contributed by atoms with Gasteiger partial charge in [-0.05, 0) is 47.9 Å². The highest BCUT2D eigenvalue weighted by Crippen LogP contribution is 2.30. The maximum absolute atomic E-state index is 14.8. The summed E-state index contributed by atoms with van der Waals surface area (Å²) in [5.41, 5.74) is 2.33. The van der Waals surface area contributed by atoms with Crippen LogP contribution < -0.4 is 10.1 Å². The Hall–Kier alpha value is -3.59. The number of aryl methyl sites for hydroxylation is 1. The molecule has 2 heterocycles. The van der Waals surface area contributed by atoms with E-state index < -0.39 is 23.8 Å². The quantitative estimate of drug-likeness (QED) is 0.327. The SMILES string of the molecule is CCc1nc2ccc(Cl)cn2c1C(=O)NCc1ccc(-c2cccc(OC(F)(F)F)c2)c(F)c1. The second kappa shape index (κ2) is 9.34. The van der Waals surface area contributed by atoms with Crippen molar-refractivity contribution in [2.24, 2.45) is 0 Å². The number of hydrogen-bond donors (Lipinski definition) is 1. The van der Waals surface area contributed by atoms with E-state index in [1.54, 1.807) is 28.8 Å². The number of ether oxygens (including phenoxy) is 1. The summed E-state index contributed by atoms with van der Waals surface area (Å²) in [4.78, 5) is 17.3. The summed E-state index contributed by atoms with van der Waals surface area (Å²) in [6.07, 6.45) is -2.71. The van der Waals surface area contributed by atoms with Crippen LogP contribution in [0.2, 0.25) is 5.02 Å². The van der Waals surface area contributed by atoms with E-state index in [1.165, 1.54) is 24.3 Å². The molecule has 4 aromatic rings. The Balaban J connectivity index is 1.52. The summed E-state index contributed by atoms with van der Waals surface area (Å²) < 4.78 is 57.7. The molecule has 34 heavy (non-hydrogen) atoms. The number of alkyl halides is 3. The van der Waals surface area contributed by atoms with Crippen LogP contribution in [0.25, 0.3) is 16.8 Å². The second-order valence-electron chi connectivity index (χ2n) is 7.41. The number of halogens is 5. The van der Waals surface area contributed by atoms with Gasteiger partial charge in [-0.15, -0.1) is 13.2 Å². The zero-order chi connectivity index (χ0) is 24.5. The van der Waals surface area contributed by atoms with Crippen molar-refractivity contribution in [1.29, 1.82) is 0 Å². The monoisotopic (exact) mass is 491 g/mol. The molecular formula is C24H18ClF4N3O2. The van der Waals surface area contributed by atoms with Crippen LogP contribution in [0.1, 0.15) is 28.7 Å². The Morgan fingerprint density at radius 3 is 2.65 bits per heavy atom. The van der Waals surface area contributed by atoms with Crippen molar-refractivity contribution >= 4 is 23.2 Å². The number of aromatic nitrogens is 2. The lowest BCUT2D eigenvalue weighted by Crippen LogP contribution is -2.25. The van der Waals surface area contributed by atoms with E-state index in [9.17, 15) is 22.4 Å². The number of carbonyl (C=O) groups is 1. The zero-order valence-corrected chi connectivity index (χ0v) is 18.5. The van der Waals surface area contributed by atoms with Gasteiger partial charge in [-0.25, -0.2) is 9.37 Å². The minimum absolute atomic E-state index is 0.0320. The molecule has 0 unspecified atom stereocenters. The lowest BCUT2D eigenvalue weighted by atomic mass is 10.0. The molecule has 0 radical (unpaired) electrons. The maximum atomic E-state index is 14.8. The van der Waals surface area contributed by atoms with Gasteiger partial charge in [0, 0.05) is 18.3 Å². The fourth-order valence-electron chi connectivity index (χ4n) is 3.58. The lowest BCUT2D eigenvalue weighted by molar-refractivity contribution is -0.274. The third kappa shape index (κ3) is 5.14. The fourth-order valence-corrected chi connectivity index (χ4v) is 3.74. The Bertz CT molecular complexity index is 1370. The molecule has 0 aliphatic rings. The molecule has 5 nitrogen and oxygen atoms in total. The Morgan fingerprint density at radius 1 is 1.15 bits per heavy atom. The number of fused-ring (bicyclic) bond motifs is 1. The normalized spacial score (nSPS) is 11.6. The summed E-state index contributed by atoms with van der Waals surface area (Å²) in [7, 11) is 0. The molecule has 0 fully saturated rings. The van der Waals surface area contributed by atoms with Crippen molar-refractivity contribution < 1.29 is 27.1 Å². The summed E-state index contributed by atoms with van der Waals surface area (Å²) in [5.74, 6) is -1.49. The van der Waals surface area contributed by atoms with Gasteiger partial charge >= 0.3 is 6.36 Å². The van der Waals surface area contributed by atoms with Gasteiger partial charge in [-0.1, -0.05) is 42.8 Å². The minimum atomic E-state index is -4.84. The number of amides is 1. The predicted molar refractivity (Wildman–Crippen MR) is 119 cm³/mol. The average Bonchev–Trinajstić information content (AvgIpc) is 3.14. The molecule has 2 aromatic carbocycles. The van der Waals surface area contributed by atoms with E-state index in [2.05, 4.69) is 15.0 Å². The number of nitrogens with zero attached hydrogens (tertiary/aromatic N) is 2. The smallest absolute Gasteiger partial charge is 0.406 e. The number of carbonyl (C=O) groups excluding carboxylic acids is 1. The van der Waals surface area contributed by atoms with E-state index in [-0.39, 0.29) is 17.7 Å². The van der Waals surface area contributed by atoms with E-state index >= 15 is 0 Å². The molecule has 0 bridgehead atoms. The topological polar surface area (TPSA) is 55.6 Å².